The average molecular weight is 487 g/mol. The Bertz CT molecular complexity index is 1450. The first-order valence-electron chi connectivity index (χ1n) is 10.9. The number of carbonyl (C=O) groups is 2. The monoisotopic (exact) mass is 486 g/mol. The fourth-order valence-electron chi connectivity index (χ4n) is 3.75. The number of fused-ring (bicyclic) bond motifs is 1. The molecule has 0 aliphatic carbocycles. The number of anilines is 2. The summed E-state index contributed by atoms with van der Waals surface area (Å²) in [6.07, 6.45) is 3.67. The van der Waals surface area contributed by atoms with Crippen LogP contribution in [0.4, 0.5) is 16.3 Å². The molecule has 176 valence electrons. The highest BCUT2D eigenvalue weighted by Crippen LogP contribution is 2.25. The summed E-state index contributed by atoms with van der Waals surface area (Å²) in [5.74, 6) is 0.364. The zero-order valence-electron chi connectivity index (χ0n) is 18.8. The molecule has 0 bridgehead atoms. The minimum absolute atomic E-state index is 0.0931. The van der Waals surface area contributed by atoms with Gasteiger partial charge in [-0.25, -0.2) is 9.78 Å². The van der Waals surface area contributed by atoms with Crippen LogP contribution in [0.15, 0.2) is 77.6 Å². The predicted molar refractivity (Wildman–Crippen MR) is 134 cm³/mol. The van der Waals surface area contributed by atoms with Gasteiger partial charge in [0, 0.05) is 28.8 Å². The standard InChI is InChI=1S/C25H22N6O3S/c1-16-6-5-9-19(12-16)27-21-14-22(35(34)11-10-17-7-3-2-4-8-17)31-23(29-21)18(15-26-31)13-20-24(32)30-25(33)28-20/h2-9,12-15H,10-11H2,1H3,(H,27,29)(H2,28,30,32,33)/b20-13-. The van der Waals surface area contributed by atoms with Gasteiger partial charge in [0.15, 0.2) is 5.65 Å². The van der Waals surface area contributed by atoms with Crippen molar-refractivity contribution in [3.8, 4) is 0 Å². The van der Waals surface area contributed by atoms with Crippen LogP contribution in [0.3, 0.4) is 0 Å². The molecule has 0 spiro atoms. The highest BCUT2D eigenvalue weighted by molar-refractivity contribution is 7.91. The molecule has 5 rings (SSSR count). The Morgan fingerprint density at radius 3 is 2.66 bits per heavy atom. The predicted octanol–water partition coefficient (Wildman–Crippen LogP) is 3.31. The van der Waals surface area contributed by atoms with Crippen LogP contribution >= 0.6 is 0 Å². The molecule has 1 fully saturated rings. The first-order valence-corrected chi connectivity index (χ1v) is 12.3. The van der Waals surface area contributed by atoms with Gasteiger partial charge in [-0.1, -0.05) is 42.5 Å². The SMILES string of the molecule is Cc1cccc(Nc2cc([S+]([O-])CCc3ccccc3)n3ncc(/C=C4\NC(=O)NC4=O)c3n2)c1. The van der Waals surface area contributed by atoms with E-state index in [1.54, 1.807) is 6.07 Å². The van der Waals surface area contributed by atoms with E-state index in [1.807, 2.05) is 61.5 Å². The molecular formula is C25H22N6O3S. The lowest BCUT2D eigenvalue weighted by Gasteiger charge is -2.14. The maximum atomic E-state index is 13.4. The normalized spacial score (nSPS) is 15.3. The number of amides is 3. The molecule has 0 saturated carbocycles. The van der Waals surface area contributed by atoms with Crippen molar-refractivity contribution in [2.45, 2.75) is 18.4 Å². The Kier molecular flexibility index (Phi) is 6.21. The lowest BCUT2D eigenvalue weighted by atomic mass is 10.2. The molecule has 0 radical (unpaired) electrons. The van der Waals surface area contributed by atoms with E-state index in [2.05, 4.69) is 26.0 Å². The smallest absolute Gasteiger partial charge is 0.326 e. The topological polar surface area (TPSA) is 123 Å². The molecule has 9 nitrogen and oxygen atoms in total. The number of urea groups is 1. The van der Waals surface area contributed by atoms with Gasteiger partial charge in [0.25, 0.3) is 10.9 Å². The van der Waals surface area contributed by atoms with Crippen LogP contribution in [-0.4, -0.2) is 36.8 Å². The summed E-state index contributed by atoms with van der Waals surface area (Å²) in [7, 11) is 0. The number of aryl methyl sites for hydroxylation is 2. The van der Waals surface area contributed by atoms with Gasteiger partial charge in [-0.2, -0.15) is 9.61 Å². The number of imide groups is 1. The van der Waals surface area contributed by atoms with Crippen molar-refractivity contribution in [3.05, 3.63) is 89.2 Å². The molecule has 1 saturated heterocycles. The van der Waals surface area contributed by atoms with Gasteiger partial charge < -0.3 is 15.2 Å². The molecule has 1 unspecified atom stereocenters. The maximum absolute atomic E-state index is 13.4. The highest BCUT2D eigenvalue weighted by atomic mass is 32.2. The van der Waals surface area contributed by atoms with Crippen molar-refractivity contribution in [2.75, 3.05) is 11.1 Å². The maximum Gasteiger partial charge on any atom is 0.326 e. The van der Waals surface area contributed by atoms with Crippen LogP contribution in [0.25, 0.3) is 11.7 Å². The summed E-state index contributed by atoms with van der Waals surface area (Å²) in [4.78, 5) is 28.2. The van der Waals surface area contributed by atoms with Gasteiger partial charge >= 0.3 is 6.03 Å². The number of nitrogens with zero attached hydrogens (tertiary/aromatic N) is 3. The van der Waals surface area contributed by atoms with Gasteiger partial charge in [0.05, 0.1) is 12.3 Å². The minimum Gasteiger partial charge on any atom is -0.610 e. The molecule has 1 aliphatic rings. The van der Waals surface area contributed by atoms with Crippen LogP contribution in [0.5, 0.6) is 0 Å². The molecule has 3 amide bonds. The zero-order valence-corrected chi connectivity index (χ0v) is 19.6. The fraction of sp³-hybridized carbons (Fsp3) is 0.120. The molecule has 3 heterocycles. The van der Waals surface area contributed by atoms with Crippen LogP contribution in [0, 0.1) is 6.92 Å². The third-order valence-corrected chi connectivity index (χ3v) is 6.76. The lowest BCUT2D eigenvalue weighted by molar-refractivity contribution is -0.115. The van der Waals surface area contributed by atoms with Crippen LogP contribution < -0.4 is 16.0 Å². The summed E-state index contributed by atoms with van der Waals surface area (Å²) in [5.41, 5.74) is 4.03. The second-order valence-corrected chi connectivity index (χ2v) is 9.58. The number of hydrogen-bond acceptors (Lipinski definition) is 6. The Morgan fingerprint density at radius 1 is 1.09 bits per heavy atom. The van der Waals surface area contributed by atoms with E-state index in [-0.39, 0.29) is 5.70 Å². The molecular weight excluding hydrogens is 464 g/mol. The van der Waals surface area contributed by atoms with Crippen molar-refractivity contribution in [1.29, 1.82) is 0 Å². The van der Waals surface area contributed by atoms with Gasteiger partial charge in [-0.15, -0.1) is 0 Å². The van der Waals surface area contributed by atoms with E-state index >= 15 is 0 Å². The van der Waals surface area contributed by atoms with Crippen LogP contribution in [0.2, 0.25) is 0 Å². The molecule has 2 aromatic heterocycles. The van der Waals surface area contributed by atoms with E-state index in [1.165, 1.54) is 16.8 Å². The van der Waals surface area contributed by atoms with Gasteiger partial charge in [-0.3, -0.25) is 10.1 Å². The van der Waals surface area contributed by atoms with Crippen molar-refractivity contribution < 1.29 is 14.1 Å². The summed E-state index contributed by atoms with van der Waals surface area (Å²) < 4.78 is 14.9. The minimum atomic E-state index is -1.38. The van der Waals surface area contributed by atoms with E-state index in [0.717, 1.165) is 16.8 Å². The second-order valence-electron chi connectivity index (χ2n) is 8.06. The number of rotatable bonds is 7. The average Bonchev–Trinajstić information content (AvgIpc) is 3.39. The van der Waals surface area contributed by atoms with E-state index < -0.39 is 23.1 Å². The first-order chi connectivity index (χ1) is 17.0. The third-order valence-electron chi connectivity index (χ3n) is 5.43. The molecule has 35 heavy (non-hydrogen) atoms. The quantitative estimate of drug-likeness (QED) is 0.159. The van der Waals surface area contributed by atoms with Gasteiger partial charge in [0.1, 0.15) is 17.3 Å². The first kappa shape index (κ1) is 22.6. The Balaban J connectivity index is 1.53. The summed E-state index contributed by atoms with van der Waals surface area (Å²) in [6.45, 7) is 1.99. The number of carbonyl (C=O) groups excluding carboxylic acids is 2. The fourth-order valence-corrected chi connectivity index (χ4v) is 4.95. The summed E-state index contributed by atoms with van der Waals surface area (Å²) in [5, 5.41) is 12.8. The number of hydrogen-bond donors (Lipinski definition) is 3. The van der Waals surface area contributed by atoms with Crippen molar-refractivity contribution in [1.82, 2.24) is 25.2 Å². The van der Waals surface area contributed by atoms with Crippen LogP contribution in [0.1, 0.15) is 16.7 Å². The van der Waals surface area contributed by atoms with E-state index in [0.29, 0.717) is 34.2 Å². The molecule has 1 aliphatic heterocycles. The Hall–Kier alpha value is -4.15. The van der Waals surface area contributed by atoms with Crippen LogP contribution in [-0.2, 0) is 22.4 Å². The number of benzene rings is 2. The molecule has 4 aromatic rings. The highest BCUT2D eigenvalue weighted by Gasteiger charge is 2.25. The van der Waals surface area contributed by atoms with Gasteiger partial charge in [-0.05, 0) is 36.3 Å². The molecule has 1 atom stereocenters. The van der Waals surface area contributed by atoms with Crippen molar-refractivity contribution in [3.63, 3.8) is 0 Å². The number of aromatic nitrogens is 3. The van der Waals surface area contributed by atoms with Crippen molar-refractivity contribution in [2.24, 2.45) is 0 Å². The third kappa shape index (κ3) is 5.03. The zero-order chi connectivity index (χ0) is 24.4. The summed E-state index contributed by atoms with van der Waals surface area (Å²) in [6, 6.07) is 18.8. The van der Waals surface area contributed by atoms with E-state index in [4.69, 9.17) is 0 Å². The molecule has 2 aromatic carbocycles. The Labute approximate surface area is 204 Å². The van der Waals surface area contributed by atoms with E-state index in [9.17, 15) is 14.1 Å². The lowest BCUT2D eigenvalue weighted by Crippen LogP contribution is -2.22. The molecule has 10 heteroatoms. The largest absolute Gasteiger partial charge is 0.610 e. The number of nitrogens with one attached hydrogen (secondary N) is 3. The second kappa shape index (κ2) is 9.61. The summed E-state index contributed by atoms with van der Waals surface area (Å²) >= 11 is -1.38. The van der Waals surface area contributed by atoms with Gasteiger partial charge in [0.2, 0.25) is 0 Å². The molecule has 3 N–H and O–H groups in total. The Morgan fingerprint density at radius 2 is 1.91 bits per heavy atom. The van der Waals surface area contributed by atoms with Crippen molar-refractivity contribution >= 4 is 46.3 Å².